The number of amides is 1. The van der Waals surface area contributed by atoms with E-state index in [-0.39, 0.29) is 11.9 Å². The first kappa shape index (κ1) is 13.1. The average molecular weight is 292 g/mol. The van der Waals surface area contributed by atoms with Gasteiger partial charge in [-0.3, -0.25) is 9.78 Å². The summed E-state index contributed by atoms with van der Waals surface area (Å²) in [5.74, 6) is 1.14. The third-order valence-electron chi connectivity index (χ3n) is 4.22. The highest BCUT2D eigenvalue weighted by atomic mass is 16.3. The normalized spacial score (nSPS) is 17.7. The summed E-state index contributed by atoms with van der Waals surface area (Å²) in [6, 6.07) is 14.0. The van der Waals surface area contributed by atoms with Gasteiger partial charge in [-0.15, -0.1) is 0 Å². The molecule has 1 aromatic carbocycles. The molecule has 1 saturated heterocycles. The molecule has 3 heterocycles. The number of rotatable bonds is 4. The molecule has 1 aliphatic rings. The largest absolute Gasteiger partial charge is 0.469 e. The number of furan rings is 1. The Morgan fingerprint density at radius 2 is 2.09 bits per heavy atom. The lowest BCUT2D eigenvalue weighted by atomic mass is 9.94. The van der Waals surface area contributed by atoms with E-state index >= 15 is 0 Å². The smallest absolute Gasteiger partial charge is 0.229 e. The van der Waals surface area contributed by atoms with E-state index in [9.17, 15) is 4.79 Å². The van der Waals surface area contributed by atoms with E-state index in [1.54, 1.807) is 12.5 Å². The van der Waals surface area contributed by atoms with Crippen molar-refractivity contribution in [3.63, 3.8) is 0 Å². The Hall–Kier alpha value is -2.62. The molecule has 2 aromatic heterocycles. The monoisotopic (exact) mass is 292 g/mol. The lowest BCUT2D eigenvalue weighted by Crippen LogP contribution is -2.53. The maximum Gasteiger partial charge on any atom is 0.229 e. The van der Waals surface area contributed by atoms with Crippen molar-refractivity contribution < 1.29 is 9.21 Å². The minimum atomic E-state index is 0.169. The number of nitrogens with zero attached hydrogens (tertiary/aromatic N) is 2. The van der Waals surface area contributed by atoms with Crippen LogP contribution in [0.25, 0.3) is 10.9 Å². The van der Waals surface area contributed by atoms with Crippen molar-refractivity contribution in [2.45, 2.75) is 25.3 Å². The number of para-hydroxylation sites is 1. The van der Waals surface area contributed by atoms with Crippen LogP contribution < -0.4 is 4.90 Å². The third kappa shape index (κ3) is 2.17. The van der Waals surface area contributed by atoms with Crippen molar-refractivity contribution in [1.29, 1.82) is 0 Å². The molecule has 0 aliphatic carbocycles. The molecule has 1 unspecified atom stereocenters. The van der Waals surface area contributed by atoms with Crippen LogP contribution in [0.3, 0.4) is 0 Å². The number of hydrogen-bond acceptors (Lipinski definition) is 3. The average Bonchev–Trinajstić information content (AvgIpc) is 3.05. The van der Waals surface area contributed by atoms with Gasteiger partial charge in [0.2, 0.25) is 5.91 Å². The van der Waals surface area contributed by atoms with Gasteiger partial charge in [-0.25, -0.2) is 0 Å². The van der Waals surface area contributed by atoms with Crippen molar-refractivity contribution in [3.8, 4) is 0 Å². The van der Waals surface area contributed by atoms with Gasteiger partial charge < -0.3 is 9.32 Å². The Labute approximate surface area is 128 Å². The molecule has 4 heteroatoms. The second-order valence-electron chi connectivity index (χ2n) is 5.59. The van der Waals surface area contributed by atoms with Gasteiger partial charge in [-0.2, -0.15) is 0 Å². The van der Waals surface area contributed by atoms with Crippen molar-refractivity contribution >= 4 is 22.5 Å². The fourth-order valence-corrected chi connectivity index (χ4v) is 3.09. The summed E-state index contributed by atoms with van der Waals surface area (Å²) in [4.78, 5) is 18.5. The molecule has 4 rings (SSSR count). The molecule has 4 nitrogen and oxygen atoms in total. The Kier molecular flexibility index (Phi) is 3.15. The van der Waals surface area contributed by atoms with E-state index < -0.39 is 0 Å². The molecule has 1 atom stereocenters. The summed E-state index contributed by atoms with van der Waals surface area (Å²) in [6.45, 7) is 0. The molecule has 0 radical (unpaired) electrons. The van der Waals surface area contributed by atoms with Crippen LogP contribution in [-0.4, -0.2) is 16.9 Å². The van der Waals surface area contributed by atoms with E-state index in [0.717, 1.165) is 35.2 Å². The zero-order chi connectivity index (χ0) is 14.9. The fraction of sp³-hybridized carbons (Fsp3) is 0.222. The number of carbonyl (C=O) groups excluding carboxylic acids is 1. The SMILES string of the molecule is O=C1CC(CCc2ccco2)N1c1cccc2cccnc12. The predicted octanol–water partition coefficient (Wildman–Crippen LogP) is 3.57. The van der Waals surface area contributed by atoms with Crippen LogP contribution >= 0.6 is 0 Å². The number of pyridine rings is 1. The number of anilines is 1. The van der Waals surface area contributed by atoms with Gasteiger partial charge in [-0.05, 0) is 30.7 Å². The van der Waals surface area contributed by atoms with Crippen molar-refractivity contribution in [3.05, 3.63) is 60.7 Å². The predicted molar refractivity (Wildman–Crippen MR) is 84.7 cm³/mol. The molecule has 1 aliphatic heterocycles. The number of benzene rings is 1. The van der Waals surface area contributed by atoms with E-state index in [1.807, 2.05) is 47.4 Å². The van der Waals surface area contributed by atoms with Gasteiger partial charge in [0.1, 0.15) is 5.76 Å². The zero-order valence-electron chi connectivity index (χ0n) is 12.1. The minimum Gasteiger partial charge on any atom is -0.469 e. The van der Waals surface area contributed by atoms with Gasteiger partial charge >= 0.3 is 0 Å². The third-order valence-corrected chi connectivity index (χ3v) is 4.22. The standard InChI is InChI=1S/C18H16N2O2/c21-17-12-14(8-9-15-6-3-11-22-15)20(17)16-7-1-4-13-5-2-10-19-18(13)16/h1-7,10-11,14H,8-9,12H2. The summed E-state index contributed by atoms with van der Waals surface area (Å²) in [6.07, 6.45) is 5.81. The van der Waals surface area contributed by atoms with Crippen LogP contribution in [0, 0.1) is 0 Å². The highest BCUT2D eigenvalue weighted by Gasteiger charge is 2.37. The topological polar surface area (TPSA) is 46.3 Å². The van der Waals surface area contributed by atoms with Crippen molar-refractivity contribution in [1.82, 2.24) is 4.98 Å². The first-order chi connectivity index (χ1) is 10.8. The highest BCUT2D eigenvalue weighted by molar-refractivity contribution is 6.06. The maximum absolute atomic E-state index is 12.1. The molecule has 0 N–H and O–H groups in total. The number of carbonyl (C=O) groups is 1. The fourth-order valence-electron chi connectivity index (χ4n) is 3.09. The Bertz CT molecular complexity index is 806. The molecule has 0 bridgehead atoms. The summed E-state index contributed by atoms with van der Waals surface area (Å²) >= 11 is 0. The number of hydrogen-bond donors (Lipinski definition) is 0. The molecule has 1 amide bonds. The molecule has 0 spiro atoms. The molecular formula is C18H16N2O2. The first-order valence-electron chi connectivity index (χ1n) is 7.51. The molecule has 3 aromatic rings. The lowest BCUT2D eigenvalue weighted by Gasteiger charge is -2.40. The quantitative estimate of drug-likeness (QED) is 0.691. The lowest BCUT2D eigenvalue weighted by molar-refractivity contribution is -0.124. The molecule has 110 valence electrons. The van der Waals surface area contributed by atoms with Gasteiger partial charge in [0.05, 0.1) is 17.5 Å². The Morgan fingerprint density at radius 1 is 1.18 bits per heavy atom. The Morgan fingerprint density at radius 3 is 2.91 bits per heavy atom. The summed E-state index contributed by atoms with van der Waals surface area (Å²) in [7, 11) is 0. The summed E-state index contributed by atoms with van der Waals surface area (Å²) in [5.41, 5.74) is 1.81. The summed E-state index contributed by atoms with van der Waals surface area (Å²) < 4.78 is 5.37. The van der Waals surface area contributed by atoms with Crippen LogP contribution in [-0.2, 0) is 11.2 Å². The van der Waals surface area contributed by atoms with E-state index in [4.69, 9.17) is 4.42 Å². The second-order valence-corrected chi connectivity index (χ2v) is 5.59. The Balaban J connectivity index is 1.60. The zero-order valence-corrected chi connectivity index (χ0v) is 12.1. The van der Waals surface area contributed by atoms with E-state index in [2.05, 4.69) is 4.98 Å². The van der Waals surface area contributed by atoms with Crippen LogP contribution in [0.15, 0.2) is 59.3 Å². The van der Waals surface area contributed by atoms with Crippen molar-refractivity contribution in [2.75, 3.05) is 4.90 Å². The first-order valence-corrected chi connectivity index (χ1v) is 7.51. The molecule has 0 saturated carbocycles. The highest BCUT2D eigenvalue weighted by Crippen LogP contribution is 2.34. The molecular weight excluding hydrogens is 276 g/mol. The second kappa shape index (κ2) is 5.30. The number of fused-ring (bicyclic) bond motifs is 1. The van der Waals surface area contributed by atoms with E-state index in [1.165, 1.54) is 0 Å². The molecule has 1 fully saturated rings. The maximum atomic E-state index is 12.1. The summed E-state index contributed by atoms with van der Waals surface area (Å²) in [5, 5.41) is 1.06. The van der Waals surface area contributed by atoms with Crippen LogP contribution in [0.1, 0.15) is 18.6 Å². The van der Waals surface area contributed by atoms with Crippen LogP contribution in [0.2, 0.25) is 0 Å². The number of β-lactam (4-membered cyclic amide) rings is 1. The van der Waals surface area contributed by atoms with E-state index in [0.29, 0.717) is 6.42 Å². The number of aryl methyl sites for hydroxylation is 1. The van der Waals surface area contributed by atoms with Crippen LogP contribution in [0.5, 0.6) is 0 Å². The molecule has 22 heavy (non-hydrogen) atoms. The van der Waals surface area contributed by atoms with Gasteiger partial charge in [0.25, 0.3) is 0 Å². The number of aromatic nitrogens is 1. The van der Waals surface area contributed by atoms with Gasteiger partial charge in [-0.1, -0.05) is 18.2 Å². The van der Waals surface area contributed by atoms with Crippen LogP contribution in [0.4, 0.5) is 5.69 Å². The van der Waals surface area contributed by atoms with Gasteiger partial charge in [0.15, 0.2) is 0 Å². The van der Waals surface area contributed by atoms with Gasteiger partial charge in [0, 0.05) is 30.5 Å². The minimum absolute atomic E-state index is 0.169. The van der Waals surface area contributed by atoms with Crippen molar-refractivity contribution in [2.24, 2.45) is 0 Å².